The third kappa shape index (κ3) is 5.04. The highest BCUT2D eigenvalue weighted by Gasteiger charge is 2.49. The third-order valence-electron chi connectivity index (χ3n) is 9.22. The van der Waals surface area contributed by atoms with Gasteiger partial charge in [-0.25, -0.2) is 8.78 Å². The third-order valence-corrected chi connectivity index (χ3v) is 9.81. The minimum absolute atomic E-state index is 0.0909. The molecule has 4 fully saturated rings. The molecule has 0 amide bonds. The second kappa shape index (κ2) is 10.5. The lowest BCUT2D eigenvalue weighted by Gasteiger charge is -2.34. The molecule has 0 spiro atoms. The van der Waals surface area contributed by atoms with E-state index in [9.17, 15) is 22.7 Å². The number of ether oxygens (including phenoxy) is 1. The molecule has 2 N–H and O–H groups in total. The van der Waals surface area contributed by atoms with Gasteiger partial charge in [-0.15, -0.1) is 0 Å². The van der Waals surface area contributed by atoms with Crippen molar-refractivity contribution in [3.63, 3.8) is 0 Å². The Morgan fingerprint density at radius 2 is 1.81 bits per heavy atom. The van der Waals surface area contributed by atoms with E-state index in [4.69, 9.17) is 27.9 Å². The van der Waals surface area contributed by atoms with Crippen molar-refractivity contribution in [2.45, 2.75) is 62.1 Å². The number of aromatic hydroxyl groups is 1. The summed E-state index contributed by atoms with van der Waals surface area (Å²) in [7, 11) is 0. The minimum Gasteiger partial charge on any atom is -0.508 e. The zero-order valence-corrected chi connectivity index (χ0v) is 24.3. The zero-order chi connectivity index (χ0) is 30.3. The number of phenols is 1. The predicted molar refractivity (Wildman–Crippen MR) is 152 cm³/mol. The number of rotatable bonds is 5. The van der Waals surface area contributed by atoms with Crippen LogP contribution in [0, 0.1) is 5.82 Å². The molecule has 2 bridgehead atoms. The van der Waals surface area contributed by atoms with Crippen LogP contribution in [0.3, 0.4) is 0 Å². The predicted octanol–water partition coefficient (Wildman–Crippen LogP) is 6.36. The van der Waals surface area contributed by atoms with Gasteiger partial charge in [-0.1, -0.05) is 23.2 Å². The van der Waals surface area contributed by atoms with Crippen LogP contribution in [0.2, 0.25) is 10.0 Å². The number of halogens is 7. The molecule has 3 aromatic rings. The van der Waals surface area contributed by atoms with Crippen LogP contribution in [0.1, 0.15) is 37.7 Å². The van der Waals surface area contributed by atoms with Gasteiger partial charge in [0.05, 0.1) is 21.1 Å². The van der Waals surface area contributed by atoms with E-state index in [1.54, 1.807) is 0 Å². The lowest BCUT2D eigenvalue weighted by Crippen LogP contribution is -2.51. The fraction of sp³-hybridized carbons (Fsp3) is 0.517. The maximum atomic E-state index is 16.5. The first-order valence-electron chi connectivity index (χ1n) is 14.2. The maximum absolute atomic E-state index is 16.5. The SMILES string of the molecule is Oc1cc(Cl)c(C(F)(F)F)c(-c2c(Cl)cc3c(N4CC5CCC(C4)N5)nc(OC[C@@]45CCCN4C[C@H](F)C5)nc3c2F)c1. The molecule has 7 nitrogen and oxygen atoms in total. The van der Waals surface area contributed by atoms with Crippen molar-refractivity contribution < 1.29 is 31.8 Å². The number of aromatic nitrogens is 2. The van der Waals surface area contributed by atoms with Crippen molar-refractivity contribution in [3.05, 3.63) is 39.6 Å². The topological polar surface area (TPSA) is 73.8 Å². The summed E-state index contributed by atoms with van der Waals surface area (Å²) in [5, 5.41) is 12.7. The first-order valence-corrected chi connectivity index (χ1v) is 15.0. The molecule has 4 atom stereocenters. The molecule has 2 unspecified atom stereocenters. The molecule has 43 heavy (non-hydrogen) atoms. The minimum atomic E-state index is -4.97. The summed E-state index contributed by atoms with van der Waals surface area (Å²) in [5.74, 6) is -1.37. The molecule has 4 aliphatic rings. The molecule has 7 rings (SSSR count). The molecular formula is C29H28Cl2F5N5O2. The number of nitrogens with one attached hydrogen (secondary N) is 1. The smallest absolute Gasteiger partial charge is 0.418 e. The van der Waals surface area contributed by atoms with Crippen LogP contribution >= 0.6 is 23.2 Å². The Morgan fingerprint density at radius 1 is 1.07 bits per heavy atom. The standard InChI is InChI=1S/C29H28Cl2F5N5O2/c30-20-8-19-25(24(33)22(20)18-6-17(42)7-21(31)23(18)29(34,35)36)38-27(39-26(19)40-11-15-2-3-16(12-40)37-15)43-13-28-4-1-5-41(28)10-14(32)9-28/h6-8,14-16,37,42H,1-5,9-13H2/t14-,15?,16?,28+/m1/s1. The molecule has 0 saturated carbocycles. The van der Waals surface area contributed by atoms with Crippen LogP contribution in [0.25, 0.3) is 22.0 Å². The van der Waals surface area contributed by atoms with Crippen LogP contribution in [0.5, 0.6) is 11.8 Å². The Kier molecular flexibility index (Phi) is 7.07. The highest BCUT2D eigenvalue weighted by atomic mass is 35.5. The van der Waals surface area contributed by atoms with E-state index >= 15 is 4.39 Å². The first-order chi connectivity index (χ1) is 20.4. The van der Waals surface area contributed by atoms with Gasteiger partial charge in [-0.05, 0) is 50.4 Å². The van der Waals surface area contributed by atoms with Crippen molar-refractivity contribution >= 4 is 39.9 Å². The van der Waals surface area contributed by atoms with Gasteiger partial charge >= 0.3 is 12.2 Å². The van der Waals surface area contributed by atoms with Gasteiger partial charge in [-0.3, -0.25) is 4.90 Å². The van der Waals surface area contributed by atoms with E-state index in [1.165, 1.54) is 6.07 Å². The van der Waals surface area contributed by atoms with E-state index in [-0.39, 0.29) is 40.6 Å². The van der Waals surface area contributed by atoms with E-state index < -0.39 is 51.2 Å². The van der Waals surface area contributed by atoms with Crippen LogP contribution in [0.4, 0.5) is 27.8 Å². The number of benzene rings is 2. The first kappa shape index (κ1) is 29.1. The number of phenolic OH excluding ortho intramolecular Hbond substituents is 1. The van der Waals surface area contributed by atoms with E-state index in [2.05, 4.69) is 20.2 Å². The molecule has 0 aliphatic carbocycles. The van der Waals surface area contributed by atoms with Gasteiger partial charge in [0.25, 0.3) is 0 Å². The van der Waals surface area contributed by atoms with Gasteiger partial charge in [0.2, 0.25) is 0 Å². The van der Waals surface area contributed by atoms with Crippen LogP contribution in [0.15, 0.2) is 18.2 Å². The molecular weight excluding hydrogens is 616 g/mol. The molecule has 4 aliphatic heterocycles. The van der Waals surface area contributed by atoms with Crippen LogP contribution < -0.4 is 15.0 Å². The molecule has 5 heterocycles. The summed E-state index contributed by atoms with van der Waals surface area (Å²) < 4.78 is 79.3. The fourth-order valence-corrected chi connectivity index (χ4v) is 8.02. The summed E-state index contributed by atoms with van der Waals surface area (Å²) in [6.45, 7) is 2.31. The van der Waals surface area contributed by atoms with Crippen molar-refractivity contribution in [3.8, 4) is 22.9 Å². The summed E-state index contributed by atoms with van der Waals surface area (Å²) >= 11 is 12.4. The van der Waals surface area contributed by atoms with Crippen molar-refractivity contribution in [2.75, 3.05) is 37.7 Å². The zero-order valence-electron chi connectivity index (χ0n) is 22.8. The van der Waals surface area contributed by atoms with Crippen molar-refractivity contribution in [1.82, 2.24) is 20.2 Å². The highest BCUT2D eigenvalue weighted by Crippen LogP contribution is 2.48. The number of hydrogen-bond donors (Lipinski definition) is 2. The van der Waals surface area contributed by atoms with Gasteiger partial charge in [0, 0.05) is 54.7 Å². The fourth-order valence-electron chi connectivity index (χ4n) is 7.41. The number of fused-ring (bicyclic) bond motifs is 4. The van der Waals surface area contributed by atoms with Gasteiger partial charge in [-0.2, -0.15) is 23.1 Å². The number of hydrogen-bond acceptors (Lipinski definition) is 7. The molecule has 2 aromatic carbocycles. The Morgan fingerprint density at radius 3 is 2.53 bits per heavy atom. The second-order valence-electron chi connectivity index (χ2n) is 12.0. The lowest BCUT2D eigenvalue weighted by molar-refractivity contribution is -0.137. The molecule has 14 heteroatoms. The average molecular weight is 644 g/mol. The molecule has 0 radical (unpaired) electrons. The molecule has 4 saturated heterocycles. The quantitative estimate of drug-likeness (QED) is 0.313. The Labute approximate surface area is 253 Å². The second-order valence-corrected chi connectivity index (χ2v) is 12.8. The van der Waals surface area contributed by atoms with Crippen molar-refractivity contribution in [2.24, 2.45) is 0 Å². The summed E-state index contributed by atoms with van der Waals surface area (Å²) in [6, 6.07) is 3.10. The number of nitrogens with zero attached hydrogens (tertiary/aromatic N) is 4. The van der Waals surface area contributed by atoms with Gasteiger partial charge in [0.15, 0.2) is 5.82 Å². The van der Waals surface area contributed by atoms with Crippen LogP contribution in [-0.4, -0.2) is 76.6 Å². The average Bonchev–Trinajstić information content (AvgIpc) is 3.56. The number of alkyl halides is 4. The van der Waals surface area contributed by atoms with Gasteiger partial charge in [0.1, 0.15) is 29.9 Å². The monoisotopic (exact) mass is 643 g/mol. The molecule has 230 valence electrons. The van der Waals surface area contributed by atoms with Crippen molar-refractivity contribution in [1.29, 1.82) is 0 Å². The van der Waals surface area contributed by atoms with E-state index in [0.29, 0.717) is 31.9 Å². The highest BCUT2D eigenvalue weighted by molar-refractivity contribution is 6.35. The summed E-state index contributed by atoms with van der Waals surface area (Å²) in [5.41, 5.74) is -3.46. The summed E-state index contributed by atoms with van der Waals surface area (Å²) in [4.78, 5) is 13.1. The maximum Gasteiger partial charge on any atom is 0.418 e. The van der Waals surface area contributed by atoms with Crippen LogP contribution in [-0.2, 0) is 6.18 Å². The van der Waals surface area contributed by atoms with Gasteiger partial charge < -0.3 is 20.1 Å². The molecule has 1 aromatic heterocycles. The van der Waals surface area contributed by atoms with E-state index in [0.717, 1.165) is 44.4 Å². The Bertz CT molecular complexity index is 1600. The number of anilines is 1. The normalized spacial score (nSPS) is 27.3. The summed E-state index contributed by atoms with van der Waals surface area (Å²) in [6.07, 6.45) is -2.08. The Balaban J connectivity index is 1.38. The number of piperazine rings is 1. The largest absolute Gasteiger partial charge is 0.508 e. The van der Waals surface area contributed by atoms with E-state index in [1.807, 2.05) is 4.90 Å². The Hall–Kier alpha value is -2.67. The lowest BCUT2D eigenvalue weighted by atomic mass is 9.95.